The summed E-state index contributed by atoms with van der Waals surface area (Å²) in [6.07, 6.45) is 0. The SMILES string of the molecule is Cc1cc(C)c(OCCSc2ccc(N)cc2)cc1C. The Morgan fingerprint density at radius 3 is 2.30 bits per heavy atom. The lowest BCUT2D eigenvalue weighted by Gasteiger charge is -2.11. The third-order valence-electron chi connectivity index (χ3n) is 3.28. The molecule has 0 radical (unpaired) electrons. The molecule has 3 heteroatoms. The molecule has 0 heterocycles. The number of thioether (sulfide) groups is 1. The van der Waals surface area contributed by atoms with Crippen molar-refractivity contribution >= 4 is 17.4 Å². The minimum atomic E-state index is 0.707. The van der Waals surface area contributed by atoms with E-state index in [-0.39, 0.29) is 0 Å². The van der Waals surface area contributed by atoms with E-state index in [1.807, 2.05) is 24.3 Å². The molecule has 0 aromatic heterocycles. The number of nitrogens with two attached hydrogens (primary N) is 1. The topological polar surface area (TPSA) is 35.2 Å². The number of ether oxygens (including phenoxy) is 1. The van der Waals surface area contributed by atoms with Gasteiger partial charge in [-0.3, -0.25) is 0 Å². The zero-order chi connectivity index (χ0) is 14.5. The van der Waals surface area contributed by atoms with Gasteiger partial charge in [-0.15, -0.1) is 11.8 Å². The van der Waals surface area contributed by atoms with Gasteiger partial charge in [0.05, 0.1) is 6.61 Å². The molecule has 2 rings (SSSR count). The number of rotatable bonds is 5. The van der Waals surface area contributed by atoms with Gasteiger partial charge in [0, 0.05) is 16.3 Å². The minimum absolute atomic E-state index is 0.707. The molecule has 0 saturated carbocycles. The third-order valence-corrected chi connectivity index (χ3v) is 4.26. The van der Waals surface area contributed by atoms with E-state index >= 15 is 0 Å². The number of aryl methyl sites for hydroxylation is 3. The van der Waals surface area contributed by atoms with Gasteiger partial charge in [0.2, 0.25) is 0 Å². The summed E-state index contributed by atoms with van der Waals surface area (Å²) >= 11 is 1.78. The van der Waals surface area contributed by atoms with Gasteiger partial charge in [0.1, 0.15) is 5.75 Å². The molecule has 106 valence electrons. The van der Waals surface area contributed by atoms with Crippen molar-refractivity contribution in [3.63, 3.8) is 0 Å². The normalized spacial score (nSPS) is 10.6. The van der Waals surface area contributed by atoms with Crippen LogP contribution in [0.4, 0.5) is 5.69 Å². The second-order valence-corrected chi connectivity index (χ2v) is 6.14. The van der Waals surface area contributed by atoms with Crippen LogP contribution in [0.1, 0.15) is 16.7 Å². The Bertz CT molecular complexity index is 578. The number of anilines is 1. The average Bonchev–Trinajstić information content (AvgIpc) is 2.42. The Morgan fingerprint density at radius 1 is 0.950 bits per heavy atom. The highest BCUT2D eigenvalue weighted by atomic mass is 32.2. The summed E-state index contributed by atoms with van der Waals surface area (Å²) in [4.78, 5) is 1.22. The summed E-state index contributed by atoms with van der Waals surface area (Å²) < 4.78 is 5.87. The number of hydrogen-bond donors (Lipinski definition) is 1. The highest BCUT2D eigenvalue weighted by Gasteiger charge is 2.03. The van der Waals surface area contributed by atoms with Crippen LogP contribution in [0.25, 0.3) is 0 Å². The first kappa shape index (κ1) is 14.8. The molecule has 0 amide bonds. The van der Waals surface area contributed by atoms with Crippen molar-refractivity contribution in [1.82, 2.24) is 0 Å². The zero-order valence-electron chi connectivity index (χ0n) is 12.3. The molecule has 0 spiro atoms. The lowest BCUT2D eigenvalue weighted by atomic mass is 10.1. The molecule has 0 aliphatic heterocycles. The molecule has 0 aliphatic carbocycles. The molecule has 2 nitrogen and oxygen atoms in total. The quantitative estimate of drug-likeness (QED) is 0.504. The second kappa shape index (κ2) is 6.71. The van der Waals surface area contributed by atoms with Crippen LogP contribution < -0.4 is 10.5 Å². The van der Waals surface area contributed by atoms with Crippen molar-refractivity contribution in [2.75, 3.05) is 18.1 Å². The van der Waals surface area contributed by atoms with Crippen molar-refractivity contribution in [2.45, 2.75) is 25.7 Å². The van der Waals surface area contributed by atoms with Crippen LogP contribution >= 0.6 is 11.8 Å². The maximum absolute atomic E-state index is 5.87. The Kier molecular flexibility index (Phi) is 4.96. The monoisotopic (exact) mass is 287 g/mol. The molecular weight excluding hydrogens is 266 g/mol. The number of hydrogen-bond acceptors (Lipinski definition) is 3. The van der Waals surface area contributed by atoms with Crippen LogP contribution in [-0.2, 0) is 0 Å². The van der Waals surface area contributed by atoms with Gasteiger partial charge in [0.25, 0.3) is 0 Å². The molecule has 0 aliphatic rings. The summed E-state index contributed by atoms with van der Waals surface area (Å²) in [5.41, 5.74) is 10.3. The minimum Gasteiger partial charge on any atom is -0.492 e. The Labute approximate surface area is 125 Å². The predicted octanol–water partition coefficient (Wildman–Crippen LogP) is 4.37. The van der Waals surface area contributed by atoms with Gasteiger partial charge in [-0.1, -0.05) is 6.07 Å². The van der Waals surface area contributed by atoms with Crippen LogP contribution in [-0.4, -0.2) is 12.4 Å². The zero-order valence-corrected chi connectivity index (χ0v) is 13.1. The smallest absolute Gasteiger partial charge is 0.122 e. The largest absolute Gasteiger partial charge is 0.492 e. The van der Waals surface area contributed by atoms with E-state index in [9.17, 15) is 0 Å². The van der Waals surface area contributed by atoms with Crippen molar-refractivity contribution in [2.24, 2.45) is 0 Å². The van der Waals surface area contributed by atoms with Crippen molar-refractivity contribution in [3.05, 3.63) is 53.1 Å². The summed E-state index contributed by atoms with van der Waals surface area (Å²) in [5, 5.41) is 0. The highest BCUT2D eigenvalue weighted by molar-refractivity contribution is 7.99. The average molecular weight is 287 g/mol. The highest BCUT2D eigenvalue weighted by Crippen LogP contribution is 2.23. The van der Waals surface area contributed by atoms with Gasteiger partial charge in [-0.05, 0) is 67.8 Å². The van der Waals surface area contributed by atoms with Crippen molar-refractivity contribution in [1.29, 1.82) is 0 Å². The fraction of sp³-hybridized carbons (Fsp3) is 0.294. The van der Waals surface area contributed by atoms with E-state index in [0.717, 1.165) is 17.2 Å². The molecule has 0 fully saturated rings. The van der Waals surface area contributed by atoms with Crippen LogP contribution in [0.2, 0.25) is 0 Å². The Morgan fingerprint density at radius 2 is 1.60 bits per heavy atom. The Hall–Kier alpha value is -1.61. The van der Waals surface area contributed by atoms with Crippen LogP contribution in [0.3, 0.4) is 0 Å². The summed E-state index contributed by atoms with van der Waals surface area (Å²) in [7, 11) is 0. The molecule has 0 unspecified atom stereocenters. The van der Waals surface area contributed by atoms with Crippen LogP contribution in [0.15, 0.2) is 41.3 Å². The summed E-state index contributed by atoms with van der Waals surface area (Å²) in [6, 6.07) is 12.2. The lowest BCUT2D eigenvalue weighted by Crippen LogP contribution is -2.02. The molecule has 2 aromatic carbocycles. The van der Waals surface area contributed by atoms with E-state index in [1.165, 1.54) is 21.6 Å². The first-order valence-corrected chi connectivity index (χ1v) is 7.74. The van der Waals surface area contributed by atoms with Gasteiger partial charge in [-0.2, -0.15) is 0 Å². The van der Waals surface area contributed by atoms with Gasteiger partial charge in [-0.25, -0.2) is 0 Å². The van der Waals surface area contributed by atoms with E-state index in [0.29, 0.717) is 6.61 Å². The number of nitrogen functional groups attached to an aromatic ring is 1. The summed E-state index contributed by atoms with van der Waals surface area (Å²) in [5.74, 6) is 1.92. The maximum Gasteiger partial charge on any atom is 0.122 e. The predicted molar refractivity (Wildman–Crippen MR) is 87.7 cm³/mol. The van der Waals surface area contributed by atoms with E-state index in [2.05, 4.69) is 32.9 Å². The van der Waals surface area contributed by atoms with Crippen molar-refractivity contribution in [3.8, 4) is 5.75 Å². The van der Waals surface area contributed by atoms with Crippen LogP contribution in [0.5, 0.6) is 5.75 Å². The second-order valence-electron chi connectivity index (χ2n) is 4.97. The molecular formula is C17H21NOS. The van der Waals surface area contributed by atoms with E-state index < -0.39 is 0 Å². The molecule has 2 N–H and O–H groups in total. The molecule has 20 heavy (non-hydrogen) atoms. The fourth-order valence-corrected chi connectivity index (χ4v) is 2.70. The molecule has 0 atom stereocenters. The van der Waals surface area contributed by atoms with Crippen molar-refractivity contribution < 1.29 is 4.74 Å². The third kappa shape index (κ3) is 3.94. The van der Waals surface area contributed by atoms with Gasteiger partial charge in [0.15, 0.2) is 0 Å². The van der Waals surface area contributed by atoms with E-state index in [1.54, 1.807) is 11.8 Å². The first-order valence-electron chi connectivity index (χ1n) is 6.75. The maximum atomic E-state index is 5.87. The van der Waals surface area contributed by atoms with Gasteiger partial charge < -0.3 is 10.5 Å². The standard InChI is InChI=1S/C17H21NOS/c1-12-10-14(3)17(11-13(12)2)19-8-9-20-16-6-4-15(18)5-7-16/h4-7,10-11H,8-9,18H2,1-3H3. The summed E-state index contributed by atoms with van der Waals surface area (Å²) in [6.45, 7) is 7.04. The van der Waals surface area contributed by atoms with E-state index in [4.69, 9.17) is 10.5 Å². The molecule has 0 saturated heterocycles. The fourth-order valence-electron chi connectivity index (χ4n) is 1.96. The Balaban J connectivity index is 1.84. The molecule has 2 aromatic rings. The lowest BCUT2D eigenvalue weighted by molar-refractivity contribution is 0.341. The van der Waals surface area contributed by atoms with Gasteiger partial charge >= 0.3 is 0 Å². The molecule has 0 bridgehead atoms. The van der Waals surface area contributed by atoms with Crippen LogP contribution in [0, 0.1) is 20.8 Å². The first-order chi connectivity index (χ1) is 9.56. The number of benzene rings is 2.